The minimum absolute atomic E-state index is 0.0977. The summed E-state index contributed by atoms with van der Waals surface area (Å²) in [5.74, 6) is 0.450. The molecule has 0 radical (unpaired) electrons. The van der Waals surface area contributed by atoms with E-state index in [1.54, 1.807) is 36.0 Å². The molecule has 5 nitrogen and oxygen atoms in total. The van der Waals surface area contributed by atoms with Crippen molar-refractivity contribution in [3.05, 3.63) is 59.7 Å². The zero-order valence-electron chi connectivity index (χ0n) is 14.7. The number of methoxy groups -OCH3 is 1. The molecular weight excluding hydrogens is 316 g/mol. The predicted octanol–water partition coefficient (Wildman–Crippen LogP) is 2.88. The van der Waals surface area contributed by atoms with E-state index in [1.165, 1.54) is 0 Å². The van der Waals surface area contributed by atoms with Crippen molar-refractivity contribution in [2.24, 2.45) is 0 Å². The Labute approximate surface area is 147 Å². The van der Waals surface area contributed by atoms with Gasteiger partial charge >= 0.3 is 0 Å². The van der Waals surface area contributed by atoms with Gasteiger partial charge in [0, 0.05) is 18.7 Å². The SMILES string of the molecule is COc1ccc(C)cc1N1CCN(C(=O)c2ccccc2)C(C)C1=O. The van der Waals surface area contributed by atoms with Crippen LogP contribution in [0.2, 0.25) is 0 Å². The number of carbonyl (C=O) groups is 2. The van der Waals surface area contributed by atoms with Crippen molar-refractivity contribution in [1.29, 1.82) is 0 Å². The van der Waals surface area contributed by atoms with E-state index in [1.807, 2.05) is 43.3 Å². The molecule has 0 N–H and O–H groups in total. The monoisotopic (exact) mass is 338 g/mol. The van der Waals surface area contributed by atoms with Gasteiger partial charge in [0.15, 0.2) is 0 Å². The number of anilines is 1. The van der Waals surface area contributed by atoms with Crippen LogP contribution in [0.5, 0.6) is 5.75 Å². The zero-order valence-corrected chi connectivity index (χ0v) is 14.7. The number of benzene rings is 2. The molecule has 3 rings (SSSR count). The van der Waals surface area contributed by atoms with Crippen LogP contribution in [0.15, 0.2) is 48.5 Å². The van der Waals surface area contributed by atoms with Gasteiger partial charge in [-0.15, -0.1) is 0 Å². The summed E-state index contributed by atoms with van der Waals surface area (Å²) in [4.78, 5) is 29.0. The summed E-state index contributed by atoms with van der Waals surface area (Å²) in [6, 6.07) is 14.3. The van der Waals surface area contributed by atoms with E-state index in [0.29, 0.717) is 24.4 Å². The molecule has 1 heterocycles. The van der Waals surface area contributed by atoms with Crippen LogP contribution in [0.25, 0.3) is 0 Å². The zero-order chi connectivity index (χ0) is 18.0. The van der Waals surface area contributed by atoms with Crippen molar-refractivity contribution in [3.63, 3.8) is 0 Å². The molecular formula is C20H22N2O3. The Hall–Kier alpha value is -2.82. The first-order chi connectivity index (χ1) is 12.0. The van der Waals surface area contributed by atoms with Crippen LogP contribution < -0.4 is 9.64 Å². The number of aryl methyl sites for hydroxylation is 1. The van der Waals surface area contributed by atoms with E-state index in [9.17, 15) is 9.59 Å². The third kappa shape index (κ3) is 3.22. The highest BCUT2D eigenvalue weighted by atomic mass is 16.5. The van der Waals surface area contributed by atoms with Crippen LogP contribution in [0.1, 0.15) is 22.8 Å². The fourth-order valence-corrected chi connectivity index (χ4v) is 3.14. The van der Waals surface area contributed by atoms with Gasteiger partial charge in [-0.25, -0.2) is 0 Å². The number of piperazine rings is 1. The number of amides is 2. The molecule has 1 aliphatic rings. The molecule has 25 heavy (non-hydrogen) atoms. The third-order valence-electron chi connectivity index (χ3n) is 4.56. The van der Waals surface area contributed by atoms with E-state index >= 15 is 0 Å². The Bertz CT molecular complexity index is 789. The fourth-order valence-electron chi connectivity index (χ4n) is 3.14. The molecule has 130 valence electrons. The van der Waals surface area contributed by atoms with Crippen molar-refractivity contribution in [2.45, 2.75) is 19.9 Å². The number of hydrogen-bond donors (Lipinski definition) is 0. The number of rotatable bonds is 3. The van der Waals surface area contributed by atoms with Crippen LogP contribution in [-0.4, -0.2) is 43.0 Å². The summed E-state index contributed by atoms with van der Waals surface area (Å²) < 4.78 is 5.41. The second-order valence-electron chi connectivity index (χ2n) is 6.21. The molecule has 0 spiro atoms. The summed E-state index contributed by atoms with van der Waals surface area (Å²) in [6.45, 7) is 4.68. The molecule has 2 amide bonds. The maximum absolute atomic E-state index is 12.9. The summed E-state index contributed by atoms with van der Waals surface area (Å²) in [7, 11) is 1.59. The lowest BCUT2D eigenvalue weighted by molar-refractivity contribution is -0.124. The number of hydrogen-bond acceptors (Lipinski definition) is 3. The quantitative estimate of drug-likeness (QED) is 0.865. The predicted molar refractivity (Wildman–Crippen MR) is 97.0 cm³/mol. The Morgan fingerprint density at radius 2 is 1.84 bits per heavy atom. The van der Waals surface area contributed by atoms with E-state index in [-0.39, 0.29) is 11.8 Å². The molecule has 1 unspecified atom stereocenters. The number of nitrogens with zero attached hydrogens (tertiary/aromatic N) is 2. The third-order valence-corrected chi connectivity index (χ3v) is 4.56. The van der Waals surface area contributed by atoms with Crippen LogP contribution in [0.4, 0.5) is 5.69 Å². The second kappa shape index (κ2) is 6.97. The Morgan fingerprint density at radius 3 is 2.52 bits per heavy atom. The van der Waals surface area contributed by atoms with Crippen molar-refractivity contribution in [1.82, 2.24) is 4.90 Å². The van der Waals surface area contributed by atoms with Crippen LogP contribution in [0.3, 0.4) is 0 Å². The van der Waals surface area contributed by atoms with Crippen LogP contribution >= 0.6 is 0 Å². The van der Waals surface area contributed by atoms with Crippen molar-refractivity contribution < 1.29 is 14.3 Å². The Kier molecular flexibility index (Phi) is 4.74. The molecule has 0 saturated carbocycles. The van der Waals surface area contributed by atoms with Crippen molar-refractivity contribution >= 4 is 17.5 Å². The number of ether oxygens (including phenoxy) is 1. The number of carbonyl (C=O) groups excluding carboxylic acids is 2. The normalized spacial score (nSPS) is 17.6. The Balaban J connectivity index is 1.85. The molecule has 0 aliphatic carbocycles. The minimum atomic E-state index is -0.522. The molecule has 1 aliphatic heterocycles. The summed E-state index contributed by atoms with van der Waals surface area (Å²) in [5.41, 5.74) is 2.41. The van der Waals surface area contributed by atoms with Crippen LogP contribution in [0, 0.1) is 6.92 Å². The van der Waals surface area contributed by atoms with Gasteiger partial charge < -0.3 is 14.5 Å². The molecule has 1 saturated heterocycles. The summed E-state index contributed by atoms with van der Waals surface area (Å²) >= 11 is 0. The molecule has 1 atom stereocenters. The average Bonchev–Trinajstić information content (AvgIpc) is 2.64. The highest BCUT2D eigenvalue weighted by Gasteiger charge is 2.36. The summed E-state index contributed by atoms with van der Waals surface area (Å²) in [5, 5.41) is 0. The fraction of sp³-hybridized carbons (Fsp3) is 0.300. The first-order valence-electron chi connectivity index (χ1n) is 8.35. The minimum Gasteiger partial charge on any atom is -0.495 e. The van der Waals surface area contributed by atoms with Gasteiger partial charge in [0.05, 0.1) is 12.8 Å². The molecule has 1 fully saturated rings. The molecule has 2 aromatic carbocycles. The maximum Gasteiger partial charge on any atom is 0.254 e. The highest BCUT2D eigenvalue weighted by Crippen LogP contribution is 2.31. The highest BCUT2D eigenvalue weighted by molar-refractivity contribution is 6.04. The van der Waals surface area contributed by atoms with Gasteiger partial charge in [-0.2, -0.15) is 0 Å². The second-order valence-corrected chi connectivity index (χ2v) is 6.21. The van der Waals surface area contributed by atoms with Crippen molar-refractivity contribution in [3.8, 4) is 5.75 Å². The lowest BCUT2D eigenvalue weighted by Gasteiger charge is -2.39. The maximum atomic E-state index is 12.9. The molecule has 0 aromatic heterocycles. The van der Waals surface area contributed by atoms with E-state index in [0.717, 1.165) is 11.3 Å². The van der Waals surface area contributed by atoms with Crippen molar-refractivity contribution in [2.75, 3.05) is 25.1 Å². The van der Waals surface area contributed by atoms with Crippen LogP contribution in [-0.2, 0) is 4.79 Å². The van der Waals surface area contributed by atoms with E-state index < -0.39 is 6.04 Å². The molecule has 0 bridgehead atoms. The summed E-state index contributed by atoms with van der Waals surface area (Å²) in [6.07, 6.45) is 0. The van der Waals surface area contributed by atoms with Gasteiger partial charge in [-0.1, -0.05) is 24.3 Å². The van der Waals surface area contributed by atoms with Gasteiger partial charge in [-0.05, 0) is 43.7 Å². The van der Waals surface area contributed by atoms with Gasteiger partial charge in [0.2, 0.25) is 5.91 Å². The Morgan fingerprint density at radius 1 is 1.12 bits per heavy atom. The van der Waals surface area contributed by atoms with Gasteiger partial charge in [0.25, 0.3) is 5.91 Å². The van der Waals surface area contributed by atoms with E-state index in [2.05, 4.69) is 0 Å². The topological polar surface area (TPSA) is 49.9 Å². The van der Waals surface area contributed by atoms with Gasteiger partial charge in [0.1, 0.15) is 11.8 Å². The lowest BCUT2D eigenvalue weighted by Crippen LogP contribution is -2.57. The average molecular weight is 338 g/mol. The van der Waals surface area contributed by atoms with E-state index in [4.69, 9.17) is 4.74 Å². The molecule has 5 heteroatoms. The lowest BCUT2D eigenvalue weighted by atomic mass is 10.1. The first kappa shape index (κ1) is 17.0. The standard InChI is InChI=1S/C20H22N2O3/c1-14-9-10-18(25-3)17(13-14)22-12-11-21(15(2)19(22)23)20(24)16-7-5-4-6-8-16/h4-10,13,15H,11-12H2,1-3H3. The van der Waals surface area contributed by atoms with Gasteiger partial charge in [-0.3, -0.25) is 9.59 Å². The molecule has 2 aromatic rings. The largest absolute Gasteiger partial charge is 0.495 e. The smallest absolute Gasteiger partial charge is 0.254 e. The first-order valence-corrected chi connectivity index (χ1v) is 8.35.